The van der Waals surface area contributed by atoms with Crippen LogP contribution >= 0.6 is 0 Å². The van der Waals surface area contributed by atoms with Gasteiger partial charge in [0.1, 0.15) is 11.6 Å². The number of ketones is 1. The summed E-state index contributed by atoms with van der Waals surface area (Å²) in [6.45, 7) is 2.52. The Morgan fingerprint density at radius 1 is 1.31 bits per heavy atom. The first kappa shape index (κ1) is 18.0. The number of ether oxygens (including phenoxy) is 1. The van der Waals surface area contributed by atoms with Gasteiger partial charge in [-0.25, -0.2) is 5.01 Å². The van der Waals surface area contributed by atoms with E-state index in [1.807, 2.05) is 50.3 Å². The molecule has 3 rings (SSSR count). The van der Waals surface area contributed by atoms with Gasteiger partial charge in [0.05, 0.1) is 24.2 Å². The quantitative estimate of drug-likeness (QED) is 0.897. The Bertz CT molecular complexity index is 815. The van der Waals surface area contributed by atoms with Crippen LogP contribution in [0, 0.1) is 11.3 Å². The molecule has 0 radical (unpaired) electrons. The number of nitrogens with two attached hydrogens (primary N) is 1. The summed E-state index contributed by atoms with van der Waals surface area (Å²) in [6.07, 6.45) is 2.08. The lowest BCUT2D eigenvalue weighted by Crippen LogP contribution is -2.45. The molecule has 1 aromatic rings. The molecule has 136 valence electrons. The van der Waals surface area contributed by atoms with Crippen molar-refractivity contribution in [3.8, 4) is 11.8 Å². The van der Waals surface area contributed by atoms with Crippen LogP contribution in [0.25, 0.3) is 0 Å². The third-order valence-electron chi connectivity index (χ3n) is 4.81. The average molecular weight is 352 g/mol. The largest absolute Gasteiger partial charge is 0.494 e. The number of nitriles is 1. The SMILES string of the molecule is CCOc1ccc([C@H]2C(C#N)=C(N)N(N(C)C)C3=C2C(=O)CCC3)cc1. The van der Waals surface area contributed by atoms with Gasteiger partial charge < -0.3 is 10.5 Å². The fraction of sp³-hybridized carbons (Fsp3) is 0.400. The third-order valence-corrected chi connectivity index (χ3v) is 4.81. The molecule has 2 aliphatic rings. The minimum atomic E-state index is -0.422. The highest BCUT2D eigenvalue weighted by Gasteiger charge is 2.40. The second-order valence-electron chi connectivity index (χ2n) is 6.64. The molecule has 1 aliphatic carbocycles. The van der Waals surface area contributed by atoms with Crippen molar-refractivity contribution in [3.63, 3.8) is 0 Å². The molecule has 1 heterocycles. The summed E-state index contributed by atoms with van der Waals surface area (Å²) in [5.74, 6) is 0.832. The summed E-state index contributed by atoms with van der Waals surface area (Å²) < 4.78 is 5.50. The van der Waals surface area contributed by atoms with Crippen LogP contribution in [-0.4, -0.2) is 36.5 Å². The molecular weight excluding hydrogens is 328 g/mol. The van der Waals surface area contributed by atoms with Gasteiger partial charge in [0.2, 0.25) is 0 Å². The maximum atomic E-state index is 12.8. The van der Waals surface area contributed by atoms with Crippen LogP contribution in [0.15, 0.2) is 46.9 Å². The van der Waals surface area contributed by atoms with Gasteiger partial charge in [-0.3, -0.25) is 9.80 Å². The highest BCUT2D eigenvalue weighted by molar-refractivity contribution is 5.99. The topological polar surface area (TPSA) is 82.6 Å². The van der Waals surface area contributed by atoms with Crippen LogP contribution < -0.4 is 10.5 Å². The summed E-state index contributed by atoms with van der Waals surface area (Å²) in [6, 6.07) is 9.82. The standard InChI is InChI=1S/C20H24N4O2/c1-4-26-14-10-8-13(9-11-14)18-15(12-21)20(22)24(23(2)3)16-6-5-7-17(25)19(16)18/h8-11,18H,4-7,22H2,1-3H3/t18-/m0/s1. The molecule has 26 heavy (non-hydrogen) atoms. The molecule has 0 unspecified atom stereocenters. The van der Waals surface area contributed by atoms with Crippen LogP contribution in [0.2, 0.25) is 0 Å². The molecule has 0 saturated heterocycles. The number of nitrogens with zero attached hydrogens (tertiary/aromatic N) is 3. The van der Waals surface area contributed by atoms with E-state index < -0.39 is 5.92 Å². The molecular formula is C20H24N4O2. The van der Waals surface area contributed by atoms with Gasteiger partial charge in [0.15, 0.2) is 5.78 Å². The maximum absolute atomic E-state index is 12.8. The van der Waals surface area contributed by atoms with Gasteiger partial charge in [-0.1, -0.05) is 12.1 Å². The van der Waals surface area contributed by atoms with E-state index in [1.165, 1.54) is 0 Å². The van der Waals surface area contributed by atoms with E-state index in [0.717, 1.165) is 29.9 Å². The van der Waals surface area contributed by atoms with Gasteiger partial charge in [0, 0.05) is 31.8 Å². The predicted octanol–water partition coefficient (Wildman–Crippen LogP) is 2.66. The lowest BCUT2D eigenvalue weighted by Gasteiger charge is -2.42. The first-order valence-electron chi connectivity index (χ1n) is 8.85. The summed E-state index contributed by atoms with van der Waals surface area (Å²) in [4.78, 5) is 12.8. The van der Waals surface area contributed by atoms with Crippen LogP contribution in [0.4, 0.5) is 0 Å². The predicted molar refractivity (Wildman–Crippen MR) is 98.6 cm³/mol. The van der Waals surface area contributed by atoms with Crippen molar-refractivity contribution >= 4 is 5.78 Å². The number of benzene rings is 1. The van der Waals surface area contributed by atoms with Crippen molar-refractivity contribution in [2.45, 2.75) is 32.1 Å². The van der Waals surface area contributed by atoms with Crippen LogP contribution in [0.5, 0.6) is 5.75 Å². The first-order valence-corrected chi connectivity index (χ1v) is 8.85. The Labute approximate surface area is 154 Å². The van der Waals surface area contributed by atoms with E-state index in [2.05, 4.69) is 6.07 Å². The fourth-order valence-corrected chi connectivity index (χ4v) is 3.78. The number of allylic oxidation sites excluding steroid dienone is 3. The smallest absolute Gasteiger partial charge is 0.161 e. The summed E-state index contributed by atoms with van der Waals surface area (Å²) >= 11 is 0. The van der Waals surface area contributed by atoms with E-state index in [1.54, 1.807) is 5.01 Å². The molecule has 1 atom stereocenters. The second-order valence-corrected chi connectivity index (χ2v) is 6.64. The van der Waals surface area contributed by atoms with Crippen molar-refractivity contribution < 1.29 is 9.53 Å². The van der Waals surface area contributed by atoms with Gasteiger partial charge in [-0.2, -0.15) is 5.26 Å². The number of hydrogen-bond acceptors (Lipinski definition) is 6. The molecule has 0 bridgehead atoms. The van der Waals surface area contributed by atoms with Crippen LogP contribution in [0.3, 0.4) is 0 Å². The molecule has 1 aromatic carbocycles. The Morgan fingerprint density at radius 2 is 2.00 bits per heavy atom. The maximum Gasteiger partial charge on any atom is 0.161 e. The molecule has 0 spiro atoms. The summed E-state index contributed by atoms with van der Waals surface area (Å²) in [5, 5.41) is 13.4. The molecule has 0 saturated carbocycles. The number of rotatable bonds is 4. The van der Waals surface area contributed by atoms with E-state index in [4.69, 9.17) is 10.5 Å². The number of Topliss-reactive ketones (excluding diaryl/α,β-unsaturated/α-hetero) is 1. The molecule has 6 heteroatoms. The Morgan fingerprint density at radius 3 is 2.58 bits per heavy atom. The molecule has 6 nitrogen and oxygen atoms in total. The Kier molecular flexibility index (Phi) is 5.01. The zero-order valence-corrected chi connectivity index (χ0v) is 15.5. The molecule has 0 amide bonds. The fourth-order valence-electron chi connectivity index (χ4n) is 3.78. The molecule has 1 aliphatic heterocycles. The van der Waals surface area contributed by atoms with Crippen molar-refractivity contribution in [2.24, 2.45) is 5.73 Å². The minimum absolute atomic E-state index is 0.0947. The van der Waals surface area contributed by atoms with E-state index in [9.17, 15) is 10.1 Å². The lowest BCUT2D eigenvalue weighted by molar-refractivity contribution is -0.116. The second kappa shape index (κ2) is 7.22. The Hall–Kier alpha value is -2.78. The third kappa shape index (κ3) is 2.95. The van der Waals surface area contributed by atoms with E-state index >= 15 is 0 Å². The minimum Gasteiger partial charge on any atom is -0.494 e. The molecule has 0 fully saturated rings. The number of hydrazine groups is 1. The van der Waals surface area contributed by atoms with Gasteiger partial charge in [0.25, 0.3) is 0 Å². The van der Waals surface area contributed by atoms with Gasteiger partial charge in [-0.15, -0.1) is 0 Å². The first-order chi connectivity index (χ1) is 12.5. The van der Waals surface area contributed by atoms with Gasteiger partial charge in [-0.05, 0) is 37.5 Å². The zero-order chi connectivity index (χ0) is 18.8. The number of carbonyl (C=O) groups is 1. The normalized spacial score (nSPS) is 20.3. The van der Waals surface area contributed by atoms with Crippen molar-refractivity contribution in [1.29, 1.82) is 5.26 Å². The highest BCUT2D eigenvalue weighted by atomic mass is 16.5. The number of hydrogen-bond donors (Lipinski definition) is 1. The van der Waals surface area contributed by atoms with E-state index in [0.29, 0.717) is 30.0 Å². The zero-order valence-electron chi connectivity index (χ0n) is 15.5. The monoisotopic (exact) mass is 352 g/mol. The Balaban J connectivity index is 2.16. The van der Waals surface area contributed by atoms with Crippen molar-refractivity contribution in [2.75, 3.05) is 20.7 Å². The highest BCUT2D eigenvalue weighted by Crippen LogP contribution is 2.45. The molecule has 2 N–H and O–H groups in total. The van der Waals surface area contributed by atoms with Crippen molar-refractivity contribution in [1.82, 2.24) is 10.0 Å². The van der Waals surface area contributed by atoms with E-state index in [-0.39, 0.29) is 5.78 Å². The molecule has 0 aromatic heterocycles. The van der Waals surface area contributed by atoms with Gasteiger partial charge >= 0.3 is 0 Å². The van der Waals surface area contributed by atoms with Crippen molar-refractivity contribution in [3.05, 3.63) is 52.5 Å². The van der Waals surface area contributed by atoms with Crippen LogP contribution in [-0.2, 0) is 4.79 Å². The number of carbonyl (C=O) groups excluding carboxylic acids is 1. The lowest BCUT2D eigenvalue weighted by atomic mass is 9.76. The average Bonchev–Trinajstić information content (AvgIpc) is 2.61. The van der Waals surface area contributed by atoms with Crippen LogP contribution in [0.1, 0.15) is 37.7 Å². The summed E-state index contributed by atoms with van der Waals surface area (Å²) in [5.41, 5.74) is 9.26. The summed E-state index contributed by atoms with van der Waals surface area (Å²) in [7, 11) is 3.73.